The van der Waals surface area contributed by atoms with Crippen LogP contribution in [-0.2, 0) is 25.6 Å². The van der Waals surface area contributed by atoms with Gasteiger partial charge in [0.25, 0.3) is 0 Å². The van der Waals surface area contributed by atoms with Crippen molar-refractivity contribution in [1.82, 2.24) is 20.3 Å². The number of nitrogens with two attached hydrogens (primary N) is 1. The van der Waals surface area contributed by atoms with Crippen LogP contribution >= 0.6 is 0 Å². The van der Waals surface area contributed by atoms with Crippen LogP contribution in [-0.4, -0.2) is 88.0 Å². The topological polar surface area (TPSA) is 183 Å². The molecule has 33 heavy (non-hydrogen) atoms. The van der Waals surface area contributed by atoms with E-state index in [2.05, 4.69) is 36.5 Å². The first kappa shape index (κ1) is 28.5. The molecule has 0 aliphatic carbocycles. The van der Waals surface area contributed by atoms with Crippen molar-refractivity contribution in [3.8, 4) is 0 Å². The van der Waals surface area contributed by atoms with E-state index >= 15 is 0 Å². The van der Waals surface area contributed by atoms with Crippen LogP contribution in [0.25, 0.3) is 0 Å². The number of carbonyl (C=O) groups excluding carboxylic acids is 3. The summed E-state index contributed by atoms with van der Waals surface area (Å²) in [6.07, 6.45) is 1.73. The van der Waals surface area contributed by atoms with Gasteiger partial charge in [0, 0.05) is 6.42 Å². The van der Waals surface area contributed by atoms with Crippen LogP contribution in [0.5, 0.6) is 0 Å². The number of aliphatic carboxylic acids is 1. The molecular formula is C21H32N5O6Se. The molecule has 3 unspecified atom stereocenters. The van der Waals surface area contributed by atoms with Crippen molar-refractivity contribution < 1.29 is 29.4 Å². The van der Waals surface area contributed by atoms with Crippen molar-refractivity contribution in [3.63, 3.8) is 0 Å². The summed E-state index contributed by atoms with van der Waals surface area (Å²) in [7, 11) is 0. The number of hydrogen-bond acceptors (Lipinski definition) is 7. The van der Waals surface area contributed by atoms with Crippen LogP contribution in [0.15, 0.2) is 30.3 Å². The fourth-order valence-electron chi connectivity index (χ4n) is 2.83. The minimum absolute atomic E-state index is 0.0826. The summed E-state index contributed by atoms with van der Waals surface area (Å²) in [5, 5.41) is 26.0. The molecule has 0 aliphatic rings. The summed E-state index contributed by atoms with van der Waals surface area (Å²) in [5.41, 5.74) is 6.40. The van der Waals surface area contributed by atoms with Gasteiger partial charge in [-0.25, -0.2) is 0 Å². The second kappa shape index (κ2) is 16.2. The number of carbonyl (C=O) groups is 4. The second-order valence-corrected chi connectivity index (χ2v) is 7.93. The van der Waals surface area contributed by atoms with Crippen LogP contribution in [0.1, 0.15) is 31.2 Å². The summed E-state index contributed by atoms with van der Waals surface area (Å²) < 4.78 is 2.51. The molecule has 1 aromatic rings. The van der Waals surface area contributed by atoms with Crippen molar-refractivity contribution in [2.75, 3.05) is 19.7 Å². The van der Waals surface area contributed by atoms with Gasteiger partial charge in [0.1, 0.15) is 12.1 Å². The molecule has 8 N–H and O–H groups in total. The zero-order valence-corrected chi connectivity index (χ0v) is 20.0. The van der Waals surface area contributed by atoms with Gasteiger partial charge >= 0.3 is 108 Å². The summed E-state index contributed by atoms with van der Waals surface area (Å²) >= 11 is 2.43. The van der Waals surface area contributed by atoms with E-state index in [1.807, 2.05) is 30.3 Å². The molecule has 183 valence electrons. The van der Waals surface area contributed by atoms with Crippen LogP contribution in [0, 0.1) is 0 Å². The Morgan fingerprint density at radius 1 is 0.970 bits per heavy atom. The van der Waals surface area contributed by atoms with Gasteiger partial charge in [-0.15, -0.1) is 0 Å². The molecule has 0 heterocycles. The number of aliphatic hydroxyl groups is 1. The van der Waals surface area contributed by atoms with Gasteiger partial charge < -0.3 is 16.2 Å². The number of aliphatic hydroxyl groups excluding tert-OH is 1. The van der Waals surface area contributed by atoms with Crippen molar-refractivity contribution in [2.45, 2.75) is 50.2 Å². The molecule has 0 aliphatic heterocycles. The molecule has 0 bridgehead atoms. The quantitative estimate of drug-likeness (QED) is 0.0943. The molecule has 3 atom stereocenters. The number of nitrogens with one attached hydrogen (secondary N) is 4. The summed E-state index contributed by atoms with van der Waals surface area (Å²) in [5.74, 6) is -2.26. The Morgan fingerprint density at radius 3 is 2.18 bits per heavy atom. The van der Waals surface area contributed by atoms with Gasteiger partial charge in [0.05, 0.1) is 6.61 Å². The zero-order valence-electron chi connectivity index (χ0n) is 18.3. The molecular weight excluding hydrogens is 497 g/mol. The maximum atomic E-state index is 12.6. The maximum absolute atomic E-state index is 12.6. The zero-order chi connectivity index (χ0) is 24.6. The molecule has 1 aromatic carbocycles. The van der Waals surface area contributed by atoms with E-state index in [4.69, 9.17) is 15.9 Å². The molecule has 3 amide bonds. The monoisotopic (exact) mass is 530 g/mol. The fraction of sp³-hybridized carbons (Fsp3) is 0.524. The van der Waals surface area contributed by atoms with Crippen LogP contribution < -0.4 is 26.0 Å². The van der Waals surface area contributed by atoms with Crippen molar-refractivity contribution in [2.24, 2.45) is 5.73 Å². The van der Waals surface area contributed by atoms with E-state index in [1.165, 1.54) is 0 Å². The van der Waals surface area contributed by atoms with Crippen molar-refractivity contribution in [3.05, 3.63) is 35.9 Å². The molecule has 11 nitrogen and oxygen atoms in total. The molecule has 0 aromatic heterocycles. The van der Waals surface area contributed by atoms with Crippen LogP contribution in [0.3, 0.4) is 0 Å². The molecule has 1 rings (SSSR count). The van der Waals surface area contributed by atoms with E-state index in [1.54, 1.807) is 0 Å². The van der Waals surface area contributed by atoms with Gasteiger partial charge in [-0.1, -0.05) is 30.3 Å². The summed E-state index contributed by atoms with van der Waals surface area (Å²) in [6.45, 7) is 0.216. The fourth-order valence-corrected chi connectivity index (χ4v) is 3.29. The normalized spacial score (nSPS) is 13.4. The van der Waals surface area contributed by atoms with Gasteiger partial charge in [-0.3, -0.25) is 9.59 Å². The first-order chi connectivity index (χ1) is 15.8. The number of carboxylic acid groups (broad SMARTS) is 1. The number of unbranched alkanes of at least 4 members (excludes halogenated alkanes) is 1. The third kappa shape index (κ3) is 11.8. The Kier molecular flexibility index (Phi) is 14.0. The third-order valence-corrected chi connectivity index (χ3v) is 5.37. The van der Waals surface area contributed by atoms with Gasteiger partial charge in [-0.2, -0.15) is 0 Å². The van der Waals surface area contributed by atoms with Crippen LogP contribution in [0.2, 0.25) is 0 Å². The standard InChI is InChI=1S/C21H32N5O6Se/c22-15(13-27)19(29)25-17(12-14-6-2-1-3-7-14)20(30)24-11-5-4-10-23-18(28)9-8-16(26-33)21(31)32/h1-3,6-7,15-17,26-27H,4-5,8-13,22H2,(H,23,28)(H,24,30)(H,25,29)(H,31,32). The molecule has 0 spiro atoms. The van der Waals surface area contributed by atoms with Gasteiger partial charge in [-0.05, 0) is 5.56 Å². The van der Waals surface area contributed by atoms with E-state index in [-0.39, 0.29) is 31.1 Å². The van der Waals surface area contributed by atoms with E-state index in [0.29, 0.717) is 25.9 Å². The minimum atomic E-state index is -1.11. The Hall–Kier alpha value is -2.50. The number of rotatable bonds is 16. The summed E-state index contributed by atoms with van der Waals surface area (Å²) in [4.78, 5) is 47.4. The Morgan fingerprint density at radius 2 is 1.61 bits per heavy atom. The molecule has 12 heteroatoms. The Labute approximate surface area is 201 Å². The van der Waals surface area contributed by atoms with Crippen molar-refractivity contribution in [1.29, 1.82) is 0 Å². The van der Waals surface area contributed by atoms with E-state index in [0.717, 1.165) is 5.56 Å². The first-order valence-corrected chi connectivity index (χ1v) is 11.5. The Bertz CT molecular complexity index is 767. The molecule has 0 saturated carbocycles. The predicted octanol–water partition coefficient (Wildman–Crippen LogP) is -2.05. The number of hydrogen-bond donors (Lipinski definition) is 7. The van der Waals surface area contributed by atoms with E-state index in [9.17, 15) is 19.2 Å². The number of carboxylic acids is 1. The average Bonchev–Trinajstić information content (AvgIpc) is 2.80. The van der Waals surface area contributed by atoms with E-state index < -0.39 is 36.6 Å². The Balaban J connectivity index is 2.39. The first-order valence-electron chi connectivity index (χ1n) is 10.6. The van der Waals surface area contributed by atoms with Crippen LogP contribution in [0.4, 0.5) is 0 Å². The number of amides is 3. The van der Waals surface area contributed by atoms with Crippen molar-refractivity contribution >= 4 is 39.9 Å². The second-order valence-electron chi connectivity index (χ2n) is 7.44. The number of benzene rings is 1. The molecule has 1 radical (unpaired) electrons. The molecule has 0 saturated heterocycles. The third-order valence-electron chi connectivity index (χ3n) is 4.77. The van der Waals surface area contributed by atoms with Gasteiger partial charge in [0.15, 0.2) is 0 Å². The average molecular weight is 529 g/mol. The molecule has 0 fully saturated rings. The SMILES string of the molecule is NC(CO)C(=O)NC(Cc1ccccc1)C(=O)NCCCCNC(=O)CCC(N[Se])C(=O)O. The predicted molar refractivity (Wildman–Crippen MR) is 122 cm³/mol. The van der Waals surface area contributed by atoms with Gasteiger partial charge in [0.2, 0.25) is 5.91 Å². The summed E-state index contributed by atoms with van der Waals surface area (Å²) in [6, 6.07) is 6.42.